The van der Waals surface area contributed by atoms with Gasteiger partial charge in [-0.25, -0.2) is 8.78 Å². The predicted octanol–water partition coefficient (Wildman–Crippen LogP) is 2.61. The van der Waals surface area contributed by atoms with Crippen LogP contribution < -0.4 is 15.0 Å². The molecule has 1 aliphatic heterocycles. The largest absolute Gasteiger partial charge is 0.471 e. The first-order valence-corrected chi connectivity index (χ1v) is 8.03. The highest BCUT2D eigenvalue weighted by Crippen LogP contribution is 2.22. The number of nitrogens with one attached hydrogen (secondary N) is 1. The van der Waals surface area contributed by atoms with Crippen LogP contribution >= 0.6 is 0 Å². The lowest BCUT2D eigenvalue weighted by Crippen LogP contribution is -2.49. The first kappa shape index (κ1) is 17.1. The molecule has 1 atom stereocenters. The number of nitrogens with zero attached hydrogens (tertiary/aromatic N) is 3. The van der Waals surface area contributed by atoms with Gasteiger partial charge in [0.05, 0.1) is 11.6 Å². The van der Waals surface area contributed by atoms with E-state index in [1.165, 1.54) is 18.2 Å². The van der Waals surface area contributed by atoms with Crippen LogP contribution in [-0.2, 0) is 6.61 Å². The summed E-state index contributed by atoms with van der Waals surface area (Å²) in [6.45, 7) is 4.27. The molecule has 7 heteroatoms. The van der Waals surface area contributed by atoms with Crippen molar-refractivity contribution in [2.75, 3.05) is 24.5 Å². The van der Waals surface area contributed by atoms with E-state index in [1.54, 1.807) is 6.07 Å². The highest BCUT2D eigenvalue weighted by molar-refractivity contribution is 5.42. The van der Waals surface area contributed by atoms with Crippen molar-refractivity contribution in [2.45, 2.75) is 19.6 Å². The van der Waals surface area contributed by atoms with Crippen molar-refractivity contribution in [3.05, 3.63) is 53.1 Å². The van der Waals surface area contributed by atoms with Crippen molar-refractivity contribution in [3.63, 3.8) is 0 Å². The van der Waals surface area contributed by atoms with E-state index in [-0.39, 0.29) is 23.6 Å². The van der Waals surface area contributed by atoms with Gasteiger partial charge in [0.25, 0.3) is 5.88 Å². The molecule has 1 aromatic heterocycles. The minimum atomic E-state index is -0.596. The summed E-state index contributed by atoms with van der Waals surface area (Å²) in [5, 5.41) is 12.1. The summed E-state index contributed by atoms with van der Waals surface area (Å²) in [4.78, 5) is 6.29. The Morgan fingerprint density at radius 2 is 2.16 bits per heavy atom. The van der Waals surface area contributed by atoms with E-state index >= 15 is 0 Å². The molecule has 1 saturated heterocycles. The minimum absolute atomic E-state index is 0.160. The van der Waals surface area contributed by atoms with Gasteiger partial charge in [0.1, 0.15) is 18.2 Å². The highest BCUT2D eigenvalue weighted by atomic mass is 19.1. The first-order chi connectivity index (χ1) is 12.1. The maximum absolute atomic E-state index is 14.0. The zero-order valence-electron chi connectivity index (χ0n) is 13.8. The molecule has 0 bridgehead atoms. The van der Waals surface area contributed by atoms with Crippen molar-refractivity contribution in [1.82, 2.24) is 10.3 Å². The van der Waals surface area contributed by atoms with Crippen LogP contribution in [0.1, 0.15) is 18.1 Å². The van der Waals surface area contributed by atoms with Gasteiger partial charge >= 0.3 is 0 Å². The van der Waals surface area contributed by atoms with Gasteiger partial charge < -0.3 is 15.0 Å². The Hall–Kier alpha value is -2.72. The fraction of sp³-hybridized carbons (Fsp3) is 0.333. The molecule has 5 nitrogen and oxygen atoms in total. The Bertz CT molecular complexity index is 806. The molecule has 0 radical (unpaired) electrons. The molecule has 1 aromatic carbocycles. The summed E-state index contributed by atoms with van der Waals surface area (Å²) in [7, 11) is 0. The molecule has 1 N–H and O–H groups in total. The second-order valence-electron chi connectivity index (χ2n) is 5.96. The van der Waals surface area contributed by atoms with Gasteiger partial charge in [0, 0.05) is 31.2 Å². The highest BCUT2D eigenvalue weighted by Gasteiger charge is 2.19. The normalized spacial score (nSPS) is 17.2. The fourth-order valence-electron chi connectivity index (χ4n) is 2.71. The molecule has 1 fully saturated rings. The second-order valence-corrected chi connectivity index (χ2v) is 5.96. The van der Waals surface area contributed by atoms with Crippen LogP contribution in [0.15, 0.2) is 30.3 Å². The van der Waals surface area contributed by atoms with E-state index in [4.69, 9.17) is 10.00 Å². The fourth-order valence-corrected chi connectivity index (χ4v) is 2.71. The van der Waals surface area contributed by atoms with Gasteiger partial charge in [-0.3, -0.25) is 0 Å². The van der Waals surface area contributed by atoms with Crippen molar-refractivity contribution in [1.29, 1.82) is 5.26 Å². The molecule has 0 amide bonds. The Kier molecular flexibility index (Phi) is 5.10. The van der Waals surface area contributed by atoms with Crippen LogP contribution in [0.4, 0.5) is 14.6 Å². The van der Waals surface area contributed by atoms with Gasteiger partial charge in [-0.15, -0.1) is 0 Å². The number of benzene rings is 1. The van der Waals surface area contributed by atoms with E-state index in [1.807, 2.05) is 6.07 Å². The molecule has 2 aromatic rings. The number of rotatable bonds is 4. The van der Waals surface area contributed by atoms with Gasteiger partial charge in [-0.2, -0.15) is 10.2 Å². The molecule has 0 spiro atoms. The number of nitriles is 1. The van der Waals surface area contributed by atoms with Crippen LogP contribution in [0.5, 0.6) is 5.88 Å². The van der Waals surface area contributed by atoms with Crippen LogP contribution in [0.3, 0.4) is 0 Å². The van der Waals surface area contributed by atoms with Crippen molar-refractivity contribution < 1.29 is 13.5 Å². The van der Waals surface area contributed by atoms with Crippen LogP contribution in [0.2, 0.25) is 0 Å². The zero-order valence-corrected chi connectivity index (χ0v) is 13.8. The van der Waals surface area contributed by atoms with E-state index in [9.17, 15) is 8.78 Å². The number of aromatic nitrogens is 1. The molecule has 2 heterocycles. The maximum atomic E-state index is 14.0. The minimum Gasteiger partial charge on any atom is -0.471 e. The lowest BCUT2D eigenvalue weighted by Gasteiger charge is -2.32. The summed E-state index contributed by atoms with van der Waals surface area (Å²) in [5.41, 5.74) is 0.460. The van der Waals surface area contributed by atoms with E-state index in [0.717, 1.165) is 25.7 Å². The van der Waals surface area contributed by atoms with Gasteiger partial charge in [-0.05, 0) is 31.2 Å². The molecule has 25 heavy (non-hydrogen) atoms. The third kappa shape index (κ3) is 4.03. The number of anilines is 1. The molecular formula is C18H18F2N4O. The number of halogens is 2. The van der Waals surface area contributed by atoms with Crippen LogP contribution in [-0.4, -0.2) is 30.7 Å². The van der Waals surface area contributed by atoms with Crippen molar-refractivity contribution in [3.8, 4) is 11.9 Å². The number of piperazine rings is 1. The average Bonchev–Trinajstić information content (AvgIpc) is 2.61. The summed E-state index contributed by atoms with van der Waals surface area (Å²) in [6, 6.07) is 9.17. The van der Waals surface area contributed by atoms with Crippen molar-refractivity contribution >= 4 is 5.82 Å². The second kappa shape index (κ2) is 7.45. The Balaban J connectivity index is 1.74. The molecule has 0 saturated carbocycles. The summed E-state index contributed by atoms with van der Waals surface area (Å²) in [5.74, 6) is -0.690. The average molecular weight is 344 g/mol. The maximum Gasteiger partial charge on any atom is 0.252 e. The van der Waals surface area contributed by atoms with Crippen LogP contribution in [0.25, 0.3) is 0 Å². The summed E-state index contributed by atoms with van der Waals surface area (Å²) < 4.78 is 33.3. The van der Waals surface area contributed by atoms with Gasteiger partial charge in [0.15, 0.2) is 5.82 Å². The number of hydrogen-bond acceptors (Lipinski definition) is 5. The van der Waals surface area contributed by atoms with Gasteiger partial charge in [-0.1, -0.05) is 6.07 Å². The summed E-state index contributed by atoms with van der Waals surface area (Å²) >= 11 is 0. The molecule has 0 aliphatic carbocycles. The lowest BCUT2D eigenvalue weighted by atomic mass is 10.1. The molecular weight excluding hydrogens is 326 g/mol. The molecule has 3 rings (SSSR count). The molecule has 130 valence electrons. The number of hydrogen-bond donors (Lipinski definition) is 1. The van der Waals surface area contributed by atoms with E-state index in [2.05, 4.69) is 22.1 Å². The van der Waals surface area contributed by atoms with Gasteiger partial charge in [0.2, 0.25) is 0 Å². The summed E-state index contributed by atoms with van der Waals surface area (Å²) in [6.07, 6.45) is 0. The monoisotopic (exact) mass is 344 g/mol. The first-order valence-electron chi connectivity index (χ1n) is 8.03. The Morgan fingerprint density at radius 3 is 2.88 bits per heavy atom. The lowest BCUT2D eigenvalue weighted by molar-refractivity contribution is 0.272. The van der Waals surface area contributed by atoms with Crippen molar-refractivity contribution in [2.24, 2.45) is 0 Å². The molecule has 1 aliphatic rings. The predicted molar refractivity (Wildman–Crippen MR) is 89.3 cm³/mol. The standard InChI is InChI=1S/C18H18F2N4O/c1-12-10-24(7-6-22-12)17-5-4-15(19)18(23-17)25-11-14-3-2-13(9-21)8-16(14)20/h2-5,8,12,22H,6-7,10-11H2,1H3/t12-/m0/s1. The quantitative estimate of drug-likeness (QED) is 0.924. The van der Waals surface area contributed by atoms with E-state index < -0.39 is 11.6 Å². The van der Waals surface area contributed by atoms with Crippen LogP contribution in [0, 0.1) is 23.0 Å². The third-order valence-electron chi connectivity index (χ3n) is 4.04. The number of pyridine rings is 1. The zero-order chi connectivity index (χ0) is 17.8. The Labute approximate surface area is 144 Å². The topological polar surface area (TPSA) is 61.2 Å². The smallest absolute Gasteiger partial charge is 0.252 e. The third-order valence-corrected chi connectivity index (χ3v) is 4.04. The molecule has 0 unspecified atom stereocenters. The SMILES string of the molecule is C[C@H]1CN(c2ccc(F)c(OCc3ccc(C#N)cc3F)n2)CCN1. The Morgan fingerprint density at radius 1 is 1.32 bits per heavy atom. The van der Waals surface area contributed by atoms with E-state index in [0.29, 0.717) is 11.9 Å². The number of ether oxygens (including phenoxy) is 1.